The first-order valence-corrected chi connectivity index (χ1v) is 25.0. The van der Waals surface area contributed by atoms with Gasteiger partial charge in [-0.3, -0.25) is 39.0 Å². The van der Waals surface area contributed by atoms with E-state index in [1.165, 1.54) is 54.6 Å². The van der Waals surface area contributed by atoms with Gasteiger partial charge in [0.1, 0.15) is 29.9 Å². The number of ether oxygens (including phenoxy) is 5. The van der Waals surface area contributed by atoms with E-state index in [1.54, 1.807) is 36.4 Å². The molecule has 4 aliphatic rings. The molecular weight excluding hydrogens is 1000 g/mol. The second kappa shape index (κ2) is 22.1. The van der Waals surface area contributed by atoms with E-state index in [2.05, 4.69) is 22.1 Å². The lowest BCUT2D eigenvalue weighted by molar-refractivity contribution is -0.384. The van der Waals surface area contributed by atoms with Crippen molar-refractivity contribution in [3.05, 3.63) is 195 Å². The van der Waals surface area contributed by atoms with Crippen LogP contribution in [0.3, 0.4) is 0 Å². The minimum Gasteiger partial charge on any atom is -0.508 e. The van der Waals surface area contributed by atoms with Crippen LogP contribution in [0.5, 0.6) is 5.75 Å². The molecule has 19 heteroatoms. The molecule has 0 bridgehead atoms. The van der Waals surface area contributed by atoms with Gasteiger partial charge in [0.05, 0.1) is 56.0 Å². The lowest BCUT2D eigenvalue weighted by Gasteiger charge is -2.46. The Morgan fingerprint density at radius 1 is 0.795 bits per heavy atom. The highest BCUT2D eigenvalue weighted by atomic mass is 16.6. The number of methoxy groups -OCH3 is 2. The van der Waals surface area contributed by atoms with Crippen molar-refractivity contribution in [3.8, 4) is 17.6 Å². The number of rotatable bonds is 12. The Morgan fingerprint density at radius 3 is 2.06 bits per heavy atom. The maximum atomic E-state index is 16.7. The van der Waals surface area contributed by atoms with Crippen molar-refractivity contribution < 1.29 is 62.5 Å². The highest BCUT2D eigenvalue weighted by molar-refractivity contribution is 6.24. The second-order valence-electron chi connectivity index (χ2n) is 18.9. The molecule has 2 N–H and O–H groups in total. The zero-order chi connectivity index (χ0) is 54.7. The summed E-state index contributed by atoms with van der Waals surface area (Å²) in [4.78, 5) is 104. The van der Waals surface area contributed by atoms with Crippen molar-refractivity contribution in [3.63, 3.8) is 0 Å². The number of nitro benzene ring substituents is 1. The van der Waals surface area contributed by atoms with Crippen LogP contribution in [0.25, 0.3) is 0 Å². The number of hydrogen-bond donors (Lipinski definition) is 2. The molecule has 3 saturated heterocycles. The summed E-state index contributed by atoms with van der Waals surface area (Å²) in [5.41, 5.74) is 0.984. The van der Waals surface area contributed by atoms with E-state index in [4.69, 9.17) is 23.7 Å². The Kier molecular flexibility index (Phi) is 14.7. The number of nitrogens with zero attached hydrogens (tertiary/aromatic N) is 4. The average Bonchev–Trinajstić information content (AvgIpc) is 2.92. The summed E-state index contributed by atoms with van der Waals surface area (Å²) in [7, 11) is 2.25. The molecule has 4 heterocycles. The fraction of sp³-hybridized carbons (Fsp3) is 0.254. The van der Waals surface area contributed by atoms with E-state index in [0.29, 0.717) is 54.2 Å². The van der Waals surface area contributed by atoms with Gasteiger partial charge in [-0.2, -0.15) is 0 Å². The van der Waals surface area contributed by atoms with Gasteiger partial charge in [0.25, 0.3) is 5.69 Å². The number of benzene rings is 6. The quantitative estimate of drug-likeness (QED) is 0.0302. The van der Waals surface area contributed by atoms with E-state index >= 15 is 14.4 Å². The molecular formula is C59H51N5O14. The van der Waals surface area contributed by atoms with Crippen molar-refractivity contribution in [2.75, 3.05) is 55.6 Å². The van der Waals surface area contributed by atoms with Gasteiger partial charge in [-0.15, -0.1) is 0 Å². The average molecular weight is 1050 g/mol. The summed E-state index contributed by atoms with van der Waals surface area (Å²) in [6.45, 7) is 1.95. The number of hydrogen-bond acceptors (Lipinski definition) is 16. The predicted octanol–water partition coefficient (Wildman–Crippen LogP) is 7.48. The van der Waals surface area contributed by atoms with Crippen LogP contribution in [0.15, 0.2) is 152 Å². The summed E-state index contributed by atoms with van der Waals surface area (Å²) < 4.78 is 27.7. The van der Waals surface area contributed by atoms with Crippen LogP contribution in [0.4, 0.5) is 27.5 Å². The molecule has 0 aliphatic carbocycles. The van der Waals surface area contributed by atoms with Gasteiger partial charge in [-0.1, -0.05) is 84.6 Å². The second-order valence-corrected chi connectivity index (χ2v) is 18.9. The molecule has 3 fully saturated rings. The van der Waals surface area contributed by atoms with Crippen LogP contribution in [-0.4, -0.2) is 97.3 Å². The SMILES string of the molecule is COC(=O)C(CC#Cc1ccc2c(c1)[C@]1(C(=O)N2C(=O)OCc2ccc([N+](=O)[O-])cc2)[C@H](c2ccc(O)cc2)N2[C@H](c3ccccc3)[C@H](c3ccccc3)OC(=O)[C@H]2[C@@H]1C(=O)Nc1ccc(N2CCOCC2)cc1)C(=O)OC. The first-order valence-electron chi connectivity index (χ1n) is 25.0. The largest absolute Gasteiger partial charge is 0.508 e. The first-order chi connectivity index (χ1) is 37.8. The Bertz CT molecular complexity index is 3330. The number of carbonyl (C=O) groups is 6. The van der Waals surface area contributed by atoms with Crippen LogP contribution in [0.1, 0.15) is 58.0 Å². The zero-order valence-electron chi connectivity index (χ0n) is 42.2. The number of nitrogens with one attached hydrogen (secondary N) is 1. The third kappa shape index (κ3) is 9.63. The third-order valence-corrected chi connectivity index (χ3v) is 14.7. The summed E-state index contributed by atoms with van der Waals surface area (Å²) in [6, 6.07) is 37.4. The van der Waals surface area contributed by atoms with E-state index < -0.39 is 88.8 Å². The summed E-state index contributed by atoms with van der Waals surface area (Å²) >= 11 is 0. The molecule has 0 aromatic heterocycles. The van der Waals surface area contributed by atoms with E-state index in [0.717, 1.165) is 24.8 Å². The van der Waals surface area contributed by atoms with Crippen molar-refractivity contribution in [1.82, 2.24) is 4.90 Å². The van der Waals surface area contributed by atoms with Crippen molar-refractivity contribution in [2.24, 2.45) is 11.8 Å². The molecule has 6 atom stereocenters. The number of aromatic hydroxyl groups is 1. The number of phenolic OH excluding ortho intramolecular Hbond substituents is 1. The highest BCUT2D eigenvalue weighted by Crippen LogP contribution is 2.66. The third-order valence-electron chi connectivity index (χ3n) is 14.7. The lowest BCUT2D eigenvalue weighted by atomic mass is 9.65. The van der Waals surface area contributed by atoms with Gasteiger partial charge >= 0.3 is 24.0 Å². The van der Waals surface area contributed by atoms with E-state index in [1.807, 2.05) is 65.6 Å². The van der Waals surface area contributed by atoms with Crippen molar-refractivity contribution in [1.29, 1.82) is 0 Å². The lowest BCUT2D eigenvalue weighted by Crippen LogP contribution is -2.54. The number of cyclic esters (lactones) is 1. The van der Waals surface area contributed by atoms with Gasteiger partial charge in [-0.05, 0) is 94.5 Å². The number of morpholine rings is 2. The molecule has 0 radical (unpaired) electrons. The van der Waals surface area contributed by atoms with Crippen LogP contribution in [-0.2, 0) is 59.7 Å². The molecule has 0 unspecified atom stereocenters. The molecule has 19 nitrogen and oxygen atoms in total. The fourth-order valence-electron chi connectivity index (χ4n) is 11.1. The minimum absolute atomic E-state index is 0.0261. The molecule has 396 valence electrons. The normalized spacial score (nSPS) is 21.4. The number of non-ortho nitro benzene ring substituents is 1. The van der Waals surface area contributed by atoms with Crippen molar-refractivity contribution >= 4 is 58.6 Å². The standard InChI is InChI=1S/C59H51N5O14/c1-74-54(67)45(55(68)75-2)15-9-10-36-18-29-47-46(34-36)59(57(70)62(47)58(71)77-35-37-16-23-43(24-17-37)64(72)73)48(53(66)60-41-21-25-42(26-22-41)61-30-32-76-33-31-61)50-56(69)78-51(39-13-7-4-8-14-39)49(38-11-5-3-6-12-38)63(50)52(59)40-19-27-44(65)28-20-40/h3-8,11-14,16-29,34,45,48-52,65H,15,30-33,35H2,1-2H3,(H,60,66)/t48-,49-,50-,51+,52+,59-/m1/s1. The molecule has 3 amide bonds. The molecule has 10 rings (SSSR count). The maximum Gasteiger partial charge on any atom is 0.421 e. The Balaban J connectivity index is 1.20. The zero-order valence-corrected chi connectivity index (χ0v) is 42.2. The molecule has 6 aromatic rings. The van der Waals surface area contributed by atoms with Gasteiger partial charge < -0.3 is 39.0 Å². The summed E-state index contributed by atoms with van der Waals surface area (Å²) in [6.07, 6.45) is -2.54. The van der Waals surface area contributed by atoms with E-state index in [9.17, 15) is 29.6 Å². The Morgan fingerprint density at radius 2 is 1.44 bits per heavy atom. The summed E-state index contributed by atoms with van der Waals surface area (Å²) in [5.74, 6) is -1.76. The van der Waals surface area contributed by atoms with Gasteiger partial charge in [0.2, 0.25) is 11.8 Å². The predicted molar refractivity (Wildman–Crippen MR) is 280 cm³/mol. The minimum atomic E-state index is -2.27. The number of nitro groups is 1. The van der Waals surface area contributed by atoms with Gasteiger partial charge in [0, 0.05) is 48.6 Å². The van der Waals surface area contributed by atoms with Crippen LogP contribution in [0, 0.1) is 33.8 Å². The van der Waals surface area contributed by atoms with Gasteiger partial charge in [-0.25, -0.2) is 9.69 Å². The van der Waals surface area contributed by atoms with Crippen LogP contribution < -0.4 is 15.1 Å². The van der Waals surface area contributed by atoms with Gasteiger partial charge in [0.15, 0.2) is 5.92 Å². The number of carbonyl (C=O) groups excluding carboxylic acids is 6. The smallest absolute Gasteiger partial charge is 0.421 e. The topological polar surface area (TPSA) is 234 Å². The monoisotopic (exact) mass is 1050 g/mol. The number of phenols is 1. The molecule has 78 heavy (non-hydrogen) atoms. The van der Waals surface area contributed by atoms with Crippen molar-refractivity contribution in [2.45, 2.75) is 42.7 Å². The highest BCUT2D eigenvalue weighted by Gasteiger charge is 2.76. The van der Waals surface area contributed by atoms with E-state index in [-0.39, 0.29) is 34.7 Å². The molecule has 6 aromatic carbocycles. The number of amides is 3. The number of anilines is 3. The van der Waals surface area contributed by atoms with Crippen LogP contribution >= 0.6 is 0 Å². The van der Waals surface area contributed by atoms with Crippen LogP contribution in [0.2, 0.25) is 0 Å². The summed E-state index contributed by atoms with van der Waals surface area (Å²) in [5, 5.41) is 25.3. The number of imide groups is 1. The maximum absolute atomic E-state index is 16.7. The fourth-order valence-corrected chi connectivity index (χ4v) is 11.1. The molecule has 4 aliphatic heterocycles. The molecule has 1 spiro atoms. The Hall–Kier alpha value is -9.38. The number of esters is 3. The number of fused-ring (bicyclic) bond motifs is 3. The Labute approximate surface area is 447 Å². The molecule has 0 saturated carbocycles. The first kappa shape index (κ1) is 52.1.